The summed E-state index contributed by atoms with van der Waals surface area (Å²) in [6, 6.07) is 12.0. The van der Waals surface area contributed by atoms with Gasteiger partial charge in [-0.2, -0.15) is 0 Å². The molecule has 3 N–H and O–H groups in total. The summed E-state index contributed by atoms with van der Waals surface area (Å²) < 4.78 is 19.8. The van der Waals surface area contributed by atoms with Crippen LogP contribution in [0.5, 0.6) is 0 Å². The number of carbonyl (C=O) groups excluding carboxylic acids is 1. The van der Waals surface area contributed by atoms with Crippen molar-refractivity contribution in [2.45, 2.75) is 59.3 Å². The van der Waals surface area contributed by atoms with E-state index in [0.29, 0.717) is 47.9 Å². The Balaban J connectivity index is 1.41. The van der Waals surface area contributed by atoms with Crippen molar-refractivity contribution in [2.24, 2.45) is 16.6 Å². The quantitative estimate of drug-likeness (QED) is 0.348. The molecule has 0 saturated carbocycles. The maximum absolute atomic E-state index is 14.3. The van der Waals surface area contributed by atoms with E-state index in [9.17, 15) is 9.18 Å². The molecule has 0 radical (unpaired) electrons. The summed E-state index contributed by atoms with van der Waals surface area (Å²) in [5.74, 6) is 0.393. The Morgan fingerprint density at radius 1 is 1.18 bits per heavy atom. The number of nitrogens with zero attached hydrogens (tertiary/aromatic N) is 2. The number of benzene rings is 2. The number of hydrogen-bond acceptors (Lipinski definition) is 4. The lowest BCUT2D eigenvalue weighted by atomic mass is 9.91. The van der Waals surface area contributed by atoms with Crippen molar-refractivity contribution in [3.05, 3.63) is 75.9 Å². The second-order valence-corrected chi connectivity index (χ2v) is 11.1. The van der Waals surface area contributed by atoms with Gasteiger partial charge in [0.1, 0.15) is 11.5 Å². The minimum absolute atomic E-state index is 0.0409. The summed E-state index contributed by atoms with van der Waals surface area (Å²) in [7, 11) is 0. The number of ether oxygens (including phenoxy) is 1. The van der Waals surface area contributed by atoms with Crippen LogP contribution in [0.1, 0.15) is 72.6 Å². The van der Waals surface area contributed by atoms with Crippen LogP contribution in [0, 0.1) is 25.6 Å². The third-order valence-electron chi connectivity index (χ3n) is 8.30. The largest absolute Gasteiger partial charge is 0.402 e. The topological polar surface area (TPSA) is 83.7 Å². The fraction of sp³-hybridized carbons (Fsp3) is 0.438. The van der Waals surface area contributed by atoms with Gasteiger partial charge in [-0.15, -0.1) is 0 Å². The van der Waals surface area contributed by atoms with Crippen molar-refractivity contribution in [1.82, 2.24) is 9.88 Å². The zero-order chi connectivity index (χ0) is 27.7. The van der Waals surface area contributed by atoms with E-state index in [1.54, 1.807) is 26.0 Å². The molecule has 1 unspecified atom stereocenters. The molecule has 1 aromatic heterocycles. The molecule has 5 rings (SSSR count). The van der Waals surface area contributed by atoms with Gasteiger partial charge < -0.3 is 20.4 Å². The number of hydrogen-bond donors (Lipinski definition) is 2. The van der Waals surface area contributed by atoms with Crippen molar-refractivity contribution in [3.8, 4) is 0 Å². The number of amides is 1. The van der Waals surface area contributed by atoms with Crippen LogP contribution in [-0.2, 0) is 4.74 Å². The molecule has 3 heterocycles. The molecule has 39 heavy (non-hydrogen) atoms. The van der Waals surface area contributed by atoms with E-state index < -0.39 is 0 Å². The van der Waals surface area contributed by atoms with Gasteiger partial charge in [0.25, 0.3) is 5.91 Å². The first-order chi connectivity index (χ1) is 18.7. The second kappa shape index (κ2) is 11.3. The molecule has 6 nitrogen and oxygen atoms in total. The van der Waals surface area contributed by atoms with E-state index in [2.05, 4.69) is 37.0 Å². The third-order valence-corrected chi connectivity index (χ3v) is 8.30. The van der Waals surface area contributed by atoms with Crippen molar-refractivity contribution in [1.29, 1.82) is 0 Å². The number of fused-ring (bicyclic) bond motifs is 1. The number of aromatic nitrogens is 1. The lowest BCUT2D eigenvalue weighted by Crippen LogP contribution is -2.41. The molecule has 2 aliphatic rings. The minimum Gasteiger partial charge on any atom is -0.402 e. The Morgan fingerprint density at radius 3 is 2.59 bits per heavy atom. The Hall–Kier alpha value is -3.45. The highest BCUT2D eigenvalue weighted by molar-refractivity contribution is 6.05. The number of halogens is 1. The predicted octanol–water partition coefficient (Wildman–Crippen LogP) is 6.70. The van der Waals surface area contributed by atoms with Crippen LogP contribution in [0.15, 0.2) is 52.7 Å². The molecule has 206 valence electrons. The first-order valence-corrected chi connectivity index (χ1v) is 14.1. The fourth-order valence-electron chi connectivity index (χ4n) is 5.71. The average molecular weight is 531 g/mol. The summed E-state index contributed by atoms with van der Waals surface area (Å²) in [5.41, 5.74) is 13.8. The Labute approximate surface area is 230 Å². The standard InChI is InChI=1S/C32H39FN4O2/c1-5-19(2)31(35-25-14-20(3)30(33)21(4)15-25)26-18-37(11-8-27(26)34)32(38)29-17-24-16-23(6-7-28(24)36-29)22-9-12-39-13-10-22/h6-7,14-17,19,22,36H,5,8-13,18,34H2,1-4H3. The lowest BCUT2D eigenvalue weighted by molar-refractivity contribution is 0.0761. The zero-order valence-electron chi connectivity index (χ0n) is 23.4. The molecule has 1 amide bonds. The maximum Gasteiger partial charge on any atom is 0.270 e. The highest BCUT2D eigenvalue weighted by Crippen LogP contribution is 2.31. The highest BCUT2D eigenvalue weighted by Gasteiger charge is 2.28. The van der Waals surface area contributed by atoms with E-state index in [4.69, 9.17) is 15.5 Å². The van der Waals surface area contributed by atoms with Crippen molar-refractivity contribution >= 4 is 28.2 Å². The van der Waals surface area contributed by atoms with Crippen LogP contribution in [-0.4, -0.2) is 47.8 Å². The number of aromatic amines is 1. The number of aliphatic imine (C=N–C) groups is 1. The maximum atomic E-state index is 14.3. The van der Waals surface area contributed by atoms with Gasteiger partial charge >= 0.3 is 0 Å². The molecule has 2 aromatic carbocycles. The first-order valence-electron chi connectivity index (χ1n) is 14.1. The molecule has 0 aliphatic carbocycles. The molecule has 0 bridgehead atoms. The van der Waals surface area contributed by atoms with Gasteiger partial charge in [0.15, 0.2) is 0 Å². The van der Waals surface area contributed by atoms with E-state index in [1.807, 2.05) is 11.0 Å². The number of carbonyl (C=O) groups is 1. The number of nitrogens with one attached hydrogen (secondary N) is 1. The van der Waals surface area contributed by atoms with E-state index >= 15 is 0 Å². The molecule has 0 spiro atoms. The number of H-pyrrole nitrogens is 1. The van der Waals surface area contributed by atoms with Gasteiger partial charge in [-0.05, 0) is 92.0 Å². The normalized spacial score (nSPS) is 18.2. The molecule has 1 fully saturated rings. The van der Waals surface area contributed by atoms with Gasteiger partial charge in [0, 0.05) is 54.9 Å². The smallest absolute Gasteiger partial charge is 0.270 e. The van der Waals surface area contributed by atoms with Crippen molar-refractivity contribution in [2.75, 3.05) is 26.3 Å². The van der Waals surface area contributed by atoms with Crippen molar-refractivity contribution < 1.29 is 13.9 Å². The lowest BCUT2D eigenvalue weighted by Gasteiger charge is -2.31. The summed E-state index contributed by atoms with van der Waals surface area (Å²) in [6.07, 6.45) is 3.53. The molecule has 3 aromatic rings. The highest BCUT2D eigenvalue weighted by atomic mass is 19.1. The number of rotatable bonds is 6. The monoisotopic (exact) mass is 530 g/mol. The van der Waals surface area contributed by atoms with Crippen molar-refractivity contribution in [3.63, 3.8) is 0 Å². The van der Waals surface area contributed by atoms with Gasteiger partial charge in [-0.3, -0.25) is 9.79 Å². The molecule has 7 heteroatoms. The fourth-order valence-corrected chi connectivity index (χ4v) is 5.71. The van der Waals surface area contributed by atoms with Gasteiger partial charge in [-0.1, -0.05) is 19.9 Å². The first kappa shape index (κ1) is 27.1. The molecular weight excluding hydrogens is 491 g/mol. The van der Waals surface area contributed by atoms with Gasteiger partial charge in [-0.25, -0.2) is 4.39 Å². The SMILES string of the molecule is CCC(C)C(=Nc1cc(C)c(F)c(C)c1)C1=C(N)CCN(C(=O)c2cc3cc(C4CCOCC4)ccc3[nH]2)C1. The van der Waals surface area contributed by atoms with E-state index in [1.165, 1.54) is 5.56 Å². The number of nitrogens with two attached hydrogens (primary N) is 1. The molecular formula is C32H39FN4O2. The third kappa shape index (κ3) is 5.64. The number of aryl methyl sites for hydroxylation is 2. The summed E-state index contributed by atoms with van der Waals surface area (Å²) >= 11 is 0. The molecule has 1 atom stereocenters. The van der Waals surface area contributed by atoms with Crippen LogP contribution in [0.2, 0.25) is 0 Å². The average Bonchev–Trinajstić information content (AvgIpc) is 3.38. The summed E-state index contributed by atoms with van der Waals surface area (Å²) in [6.45, 7) is 10.3. The van der Waals surface area contributed by atoms with Crippen LogP contribution in [0.3, 0.4) is 0 Å². The molecule has 1 saturated heterocycles. The van der Waals surface area contributed by atoms with Crippen LogP contribution in [0.4, 0.5) is 10.1 Å². The summed E-state index contributed by atoms with van der Waals surface area (Å²) in [5, 5.41) is 1.05. The Kier molecular flexibility index (Phi) is 7.89. The van der Waals surface area contributed by atoms with Gasteiger partial charge in [0.05, 0.1) is 11.4 Å². The molecule has 2 aliphatic heterocycles. The Morgan fingerprint density at radius 2 is 1.90 bits per heavy atom. The van der Waals surface area contributed by atoms with Crippen LogP contribution in [0.25, 0.3) is 10.9 Å². The van der Waals surface area contributed by atoms with Crippen LogP contribution < -0.4 is 5.73 Å². The zero-order valence-corrected chi connectivity index (χ0v) is 23.4. The second-order valence-electron chi connectivity index (χ2n) is 11.1. The predicted molar refractivity (Wildman–Crippen MR) is 155 cm³/mol. The van der Waals surface area contributed by atoms with Crippen LogP contribution >= 0.6 is 0 Å². The summed E-state index contributed by atoms with van der Waals surface area (Å²) in [4.78, 5) is 23.9. The Bertz CT molecular complexity index is 1420. The minimum atomic E-state index is -0.203. The van der Waals surface area contributed by atoms with E-state index in [-0.39, 0.29) is 17.6 Å². The van der Waals surface area contributed by atoms with Gasteiger partial charge in [0.2, 0.25) is 0 Å². The van der Waals surface area contributed by atoms with E-state index in [0.717, 1.165) is 60.4 Å².